The first-order valence-corrected chi connectivity index (χ1v) is 9.11. The summed E-state index contributed by atoms with van der Waals surface area (Å²) in [5.74, 6) is 0. The Kier molecular flexibility index (Phi) is 6.49. The molecule has 0 saturated heterocycles. The molecule has 0 amide bonds. The largest absolute Gasteiger partial charge is 0.0827 e. The molecule has 0 fully saturated rings. The smallest absolute Gasteiger partial charge is 0.0670 e. The van der Waals surface area contributed by atoms with Gasteiger partial charge in [0.2, 0.25) is 0 Å². The summed E-state index contributed by atoms with van der Waals surface area (Å²) in [6.07, 6.45) is 0. The Bertz CT molecular complexity index is 896. The lowest BCUT2D eigenvalue weighted by Crippen LogP contribution is -1.79. The minimum Gasteiger partial charge on any atom is -0.0827 e. The van der Waals surface area contributed by atoms with Crippen LogP contribution in [0.1, 0.15) is 0 Å². The van der Waals surface area contributed by atoms with Gasteiger partial charge >= 0.3 is 0 Å². The molecular weight excluding hydrogens is 359 g/mol. The van der Waals surface area contributed by atoms with E-state index in [0.29, 0.717) is 10.0 Å². The number of hydrogen-bond donors (Lipinski definition) is 0. The van der Waals surface area contributed by atoms with Crippen LogP contribution in [-0.4, -0.2) is 0 Å². The fourth-order valence-corrected chi connectivity index (χ4v) is 3.02. The van der Waals surface area contributed by atoms with Crippen molar-refractivity contribution in [3.05, 3.63) is 119 Å². The Balaban J connectivity index is 0.000000152. The van der Waals surface area contributed by atoms with E-state index in [2.05, 4.69) is 48.5 Å². The van der Waals surface area contributed by atoms with Gasteiger partial charge in [0.25, 0.3) is 0 Å². The summed E-state index contributed by atoms with van der Waals surface area (Å²) in [6, 6.07) is 36.4. The van der Waals surface area contributed by atoms with Crippen molar-refractivity contribution in [3.63, 3.8) is 0 Å². The Hall–Kier alpha value is -2.54. The summed E-state index contributed by atoms with van der Waals surface area (Å²) >= 11 is 12.0. The third-order valence-corrected chi connectivity index (χ3v) is 4.74. The van der Waals surface area contributed by atoms with Crippen LogP contribution in [0.25, 0.3) is 22.3 Å². The van der Waals surface area contributed by atoms with Crippen molar-refractivity contribution < 1.29 is 0 Å². The summed E-state index contributed by atoms with van der Waals surface area (Å²) in [7, 11) is 0. The van der Waals surface area contributed by atoms with E-state index in [4.69, 9.17) is 23.2 Å². The second kappa shape index (κ2) is 9.24. The third-order valence-electron chi connectivity index (χ3n) is 3.92. The molecule has 0 aliphatic rings. The number of halogens is 2. The van der Waals surface area contributed by atoms with E-state index >= 15 is 0 Å². The second-order valence-electron chi connectivity index (χ2n) is 5.70. The molecule has 2 heteroatoms. The van der Waals surface area contributed by atoms with Crippen LogP contribution in [0.5, 0.6) is 0 Å². The number of benzene rings is 4. The monoisotopic (exact) mass is 376 g/mol. The van der Waals surface area contributed by atoms with Crippen LogP contribution in [0.15, 0.2) is 109 Å². The maximum Gasteiger partial charge on any atom is 0.0670 e. The molecule has 0 radical (unpaired) electrons. The van der Waals surface area contributed by atoms with Crippen LogP contribution < -0.4 is 0 Å². The van der Waals surface area contributed by atoms with E-state index in [1.807, 2.05) is 54.6 Å². The van der Waals surface area contributed by atoms with Gasteiger partial charge in [-0.05, 0) is 22.8 Å². The molecule has 0 aliphatic carbocycles. The van der Waals surface area contributed by atoms with Crippen molar-refractivity contribution in [2.75, 3.05) is 0 Å². The second-order valence-corrected chi connectivity index (χ2v) is 6.48. The summed E-state index contributed by atoms with van der Waals surface area (Å²) in [4.78, 5) is 0. The Morgan fingerprint density at radius 3 is 1.27 bits per heavy atom. The van der Waals surface area contributed by atoms with Crippen molar-refractivity contribution in [1.29, 1.82) is 0 Å². The molecule has 0 spiro atoms. The van der Waals surface area contributed by atoms with Gasteiger partial charge in [0.05, 0.1) is 10.0 Å². The Morgan fingerprint density at radius 1 is 0.385 bits per heavy atom. The van der Waals surface area contributed by atoms with E-state index in [0.717, 1.165) is 11.1 Å². The van der Waals surface area contributed by atoms with Crippen molar-refractivity contribution in [2.24, 2.45) is 0 Å². The van der Waals surface area contributed by atoms with E-state index in [1.165, 1.54) is 11.1 Å². The van der Waals surface area contributed by atoms with E-state index in [1.54, 1.807) is 6.07 Å². The van der Waals surface area contributed by atoms with Crippen molar-refractivity contribution in [1.82, 2.24) is 0 Å². The van der Waals surface area contributed by atoms with Crippen molar-refractivity contribution in [2.45, 2.75) is 0 Å². The molecule has 0 N–H and O–H groups in total. The summed E-state index contributed by atoms with van der Waals surface area (Å²) in [5, 5.41) is 1.20. The van der Waals surface area contributed by atoms with E-state index in [9.17, 15) is 0 Å². The van der Waals surface area contributed by atoms with Gasteiger partial charge < -0.3 is 0 Å². The van der Waals surface area contributed by atoms with Crippen molar-refractivity contribution in [3.8, 4) is 22.3 Å². The fourth-order valence-electron chi connectivity index (χ4n) is 2.61. The molecule has 0 atom stereocenters. The van der Waals surface area contributed by atoms with Gasteiger partial charge in [-0.3, -0.25) is 0 Å². The first-order valence-electron chi connectivity index (χ1n) is 8.35. The highest BCUT2D eigenvalue weighted by atomic mass is 35.5. The predicted molar refractivity (Wildman–Crippen MR) is 114 cm³/mol. The van der Waals surface area contributed by atoms with Gasteiger partial charge in [0.15, 0.2) is 0 Å². The SMILES string of the molecule is Clc1cccc(-c2ccccc2)c1Cl.c1ccc(-c2ccccc2)cc1. The van der Waals surface area contributed by atoms with E-state index in [-0.39, 0.29) is 0 Å². The molecule has 0 nitrogen and oxygen atoms in total. The van der Waals surface area contributed by atoms with Crippen LogP contribution in [0.2, 0.25) is 10.0 Å². The van der Waals surface area contributed by atoms with Crippen LogP contribution >= 0.6 is 23.2 Å². The Labute approximate surface area is 164 Å². The molecule has 0 saturated carbocycles. The topological polar surface area (TPSA) is 0 Å². The molecule has 26 heavy (non-hydrogen) atoms. The summed E-state index contributed by atoms with van der Waals surface area (Å²) < 4.78 is 0. The molecule has 0 heterocycles. The maximum atomic E-state index is 6.10. The average Bonchev–Trinajstić information content (AvgIpc) is 2.72. The average molecular weight is 377 g/mol. The van der Waals surface area contributed by atoms with Gasteiger partial charge in [0, 0.05) is 5.56 Å². The third kappa shape index (κ3) is 4.76. The minimum absolute atomic E-state index is 0.591. The van der Waals surface area contributed by atoms with Gasteiger partial charge in [-0.2, -0.15) is 0 Å². The maximum absolute atomic E-state index is 6.10. The number of hydrogen-bond acceptors (Lipinski definition) is 0. The molecule has 4 rings (SSSR count). The van der Waals surface area contributed by atoms with Gasteiger partial charge in [-0.1, -0.05) is 126 Å². The van der Waals surface area contributed by atoms with Crippen LogP contribution in [-0.2, 0) is 0 Å². The molecule has 128 valence electrons. The zero-order valence-corrected chi connectivity index (χ0v) is 15.7. The predicted octanol–water partition coefficient (Wildman–Crippen LogP) is 8.01. The highest BCUT2D eigenvalue weighted by Crippen LogP contribution is 2.32. The fraction of sp³-hybridized carbons (Fsp3) is 0. The van der Waals surface area contributed by atoms with Crippen molar-refractivity contribution >= 4 is 23.2 Å². The molecule has 0 aromatic heterocycles. The zero-order chi connectivity index (χ0) is 18.2. The lowest BCUT2D eigenvalue weighted by Gasteiger charge is -2.04. The Morgan fingerprint density at radius 2 is 0.808 bits per heavy atom. The highest BCUT2D eigenvalue weighted by Gasteiger charge is 2.05. The number of rotatable bonds is 2. The molecule has 0 unspecified atom stereocenters. The summed E-state index contributed by atoms with van der Waals surface area (Å²) in [6.45, 7) is 0. The minimum atomic E-state index is 0.591. The van der Waals surface area contributed by atoms with E-state index < -0.39 is 0 Å². The lowest BCUT2D eigenvalue weighted by atomic mass is 10.1. The highest BCUT2D eigenvalue weighted by molar-refractivity contribution is 6.43. The lowest BCUT2D eigenvalue weighted by molar-refractivity contribution is 1.62. The van der Waals surface area contributed by atoms with Gasteiger partial charge in [-0.25, -0.2) is 0 Å². The molecule has 4 aromatic rings. The quantitative estimate of drug-likeness (QED) is 0.332. The standard InChI is InChI=1S/C12H8Cl2.C12H10/c13-11-8-4-7-10(12(11)14)9-5-2-1-3-6-9;1-3-7-11(8-4-1)12-9-5-2-6-10-12/h1-8H;1-10H. The zero-order valence-electron chi connectivity index (χ0n) is 14.1. The van der Waals surface area contributed by atoms with Crippen LogP contribution in [0.4, 0.5) is 0 Å². The first-order chi connectivity index (χ1) is 12.8. The molecule has 0 bridgehead atoms. The normalized spacial score (nSPS) is 9.92. The first kappa shape index (κ1) is 18.3. The summed E-state index contributed by atoms with van der Waals surface area (Å²) in [5.41, 5.74) is 4.61. The van der Waals surface area contributed by atoms with Crippen LogP contribution in [0, 0.1) is 0 Å². The van der Waals surface area contributed by atoms with Gasteiger partial charge in [0.1, 0.15) is 0 Å². The molecule has 0 aliphatic heterocycles. The molecular formula is C24H18Cl2. The van der Waals surface area contributed by atoms with Crippen LogP contribution in [0.3, 0.4) is 0 Å². The molecule has 4 aromatic carbocycles. The van der Waals surface area contributed by atoms with Gasteiger partial charge in [-0.15, -0.1) is 0 Å².